The van der Waals surface area contributed by atoms with E-state index in [-0.39, 0.29) is 17.7 Å². The van der Waals surface area contributed by atoms with Gasteiger partial charge in [0.1, 0.15) is 0 Å². The molecule has 0 radical (unpaired) electrons. The first-order chi connectivity index (χ1) is 17.5. The molecule has 8 heteroatoms. The molecule has 0 spiro atoms. The van der Waals surface area contributed by atoms with E-state index >= 15 is 0 Å². The lowest BCUT2D eigenvalue weighted by molar-refractivity contribution is 0.0888. The molecule has 0 bridgehead atoms. The van der Waals surface area contributed by atoms with Crippen molar-refractivity contribution in [2.24, 2.45) is 0 Å². The highest BCUT2D eigenvalue weighted by Gasteiger charge is 2.28. The Kier molecular flexibility index (Phi) is 7.25. The molecule has 1 fully saturated rings. The van der Waals surface area contributed by atoms with Crippen LogP contribution < -0.4 is 5.56 Å². The summed E-state index contributed by atoms with van der Waals surface area (Å²) in [4.78, 5) is 18.6. The van der Waals surface area contributed by atoms with Crippen LogP contribution in [-0.2, 0) is 24.4 Å². The van der Waals surface area contributed by atoms with Crippen LogP contribution in [0.3, 0.4) is 0 Å². The molecule has 8 nitrogen and oxygen atoms in total. The summed E-state index contributed by atoms with van der Waals surface area (Å²) in [6.45, 7) is 8.85. The van der Waals surface area contributed by atoms with Crippen molar-refractivity contribution in [2.75, 3.05) is 6.61 Å². The van der Waals surface area contributed by atoms with Crippen molar-refractivity contribution in [1.29, 1.82) is 0 Å². The molecular weight excluding hydrogens is 452 g/mol. The summed E-state index contributed by atoms with van der Waals surface area (Å²) in [6.07, 6.45) is 3.04. The van der Waals surface area contributed by atoms with Crippen LogP contribution in [0.15, 0.2) is 53.3 Å². The number of H-pyrrole nitrogens is 1. The number of aromatic amines is 1. The van der Waals surface area contributed by atoms with Gasteiger partial charge in [0.2, 0.25) is 0 Å². The average molecular weight is 487 g/mol. The molecule has 2 aromatic heterocycles. The maximum absolute atomic E-state index is 13.2. The minimum absolute atomic E-state index is 0.0560. The molecule has 1 aliphatic heterocycles. The molecule has 0 amide bonds. The minimum Gasteiger partial charge on any atom is -0.376 e. The molecule has 3 heterocycles. The molecule has 5 rings (SSSR count). The van der Waals surface area contributed by atoms with E-state index in [0.717, 1.165) is 53.7 Å². The van der Waals surface area contributed by atoms with E-state index in [0.29, 0.717) is 19.6 Å². The zero-order valence-electron chi connectivity index (χ0n) is 21.3. The second kappa shape index (κ2) is 10.7. The zero-order chi connectivity index (χ0) is 25.1. The fourth-order valence-corrected chi connectivity index (χ4v) is 5.13. The van der Waals surface area contributed by atoms with Gasteiger partial charge in [0.15, 0.2) is 5.82 Å². The predicted octanol–water partition coefficient (Wildman–Crippen LogP) is 4.46. The molecule has 188 valence electrons. The third kappa shape index (κ3) is 5.24. The Morgan fingerprint density at radius 2 is 2.00 bits per heavy atom. The number of nitrogens with zero attached hydrogens (tertiary/aromatic N) is 5. The second-order valence-electron chi connectivity index (χ2n) is 9.83. The standard InChI is InChI=1S/C28H34N6O2/c1-4-25(27-30-31-32-34(27)18-24-9-6-14-36-24)33(16-21-12-10-19(2)11-13-21)17-23-15-22-8-5-7-20(3)26(22)29-28(23)35/h5,7-8,10-13,15,24-25H,4,6,9,14,16-18H2,1-3H3,(H,29,35)/t24-,25+/m0/s1. The van der Waals surface area contributed by atoms with E-state index in [9.17, 15) is 4.79 Å². The largest absolute Gasteiger partial charge is 0.376 e. The van der Waals surface area contributed by atoms with Gasteiger partial charge in [-0.2, -0.15) is 0 Å². The molecule has 1 N–H and O–H groups in total. The van der Waals surface area contributed by atoms with E-state index in [4.69, 9.17) is 4.74 Å². The lowest BCUT2D eigenvalue weighted by atomic mass is 10.1. The van der Waals surface area contributed by atoms with E-state index < -0.39 is 0 Å². The predicted molar refractivity (Wildman–Crippen MR) is 140 cm³/mol. The quantitative estimate of drug-likeness (QED) is 0.376. The molecule has 36 heavy (non-hydrogen) atoms. The van der Waals surface area contributed by atoms with Gasteiger partial charge in [0.05, 0.1) is 24.2 Å². The summed E-state index contributed by atoms with van der Waals surface area (Å²) < 4.78 is 7.74. The van der Waals surface area contributed by atoms with Crippen LogP contribution in [0.25, 0.3) is 10.9 Å². The number of nitrogens with one attached hydrogen (secondary N) is 1. The van der Waals surface area contributed by atoms with Crippen molar-refractivity contribution >= 4 is 10.9 Å². The van der Waals surface area contributed by atoms with Gasteiger partial charge in [0, 0.05) is 25.3 Å². The third-order valence-electron chi connectivity index (χ3n) is 7.13. The number of hydrogen-bond acceptors (Lipinski definition) is 6. The fourth-order valence-electron chi connectivity index (χ4n) is 5.13. The SMILES string of the molecule is CC[C@H](c1nnnn1C[C@@H]1CCCO1)N(Cc1ccc(C)cc1)Cc1cc2cccc(C)c2[nH]c1=O. The Balaban J connectivity index is 1.50. The molecule has 0 saturated carbocycles. The van der Waals surface area contributed by atoms with E-state index in [2.05, 4.69) is 63.5 Å². The minimum atomic E-state index is -0.0599. The number of aromatic nitrogens is 5. The number of pyridine rings is 1. The van der Waals surface area contributed by atoms with Gasteiger partial charge in [-0.3, -0.25) is 9.69 Å². The van der Waals surface area contributed by atoms with Gasteiger partial charge in [-0.05, 0) is 66.1 Å². The van der Waals surface area contributed by atoms with Crippen molar-refractivity contribution < 1.29 is 4.74 Å². The van der Waals surface area contributed by atoms with Crippen molar-refractivity contribution in [2.45, 2.75) is 71.8 Å². The van der Waals surface area contributed by atoms with Crippen LogP contribution in [0.5, 0.6) is 0 Å². The molecule has 0 unspecified atom stereocenters. The number of hydrogen-bond donors (Lipinski definition) is 1. The first-order valence-corrected chi connectivity index (χ1v) is 12.8. The molecule has 1 aliphatic rings. The Hall–Kier alpha value is -3.36. The van der Waals surface area contributed by atoms with E-state index in [1.807, 2.05) is 35.9 Å². The van der Waals surface area contributed by atoms with Crippen molar-refractivity contribution in [1.82, 2.24) is 30.1 Å². The summed E-state index contributed by atoms with van der Waals surface area (Å²) in [5.41, 5.74) is 5.04. The molecule has 0 aliphatic carbocycles. The number of benzene rings is 2. The van der Waals surface area contributed by atoms with E-state index in [1.165, 1.54) is 11.1 Å². The summed E-state index contributed by atoms with van der Waals surface area (Å²) in [6, 6.07) is 16.6. The molecule has 4 aromatic rings. The van der Waals surface area contributed by atoms with Crippen LogP contribution in [0.1, 0.15) is 60.3 Å². The summed E-state index contributed by atoms with van der Waals surface area (Å²) in [7, 11) is 0. The maximum Gasteiger partial charge on any atom is 0.252 e. The Labute approximate surface area is 211 Å². The number of aryl methyl sites for hydroxylation is 2. The van der Waals surface area contributed by atoms with Crippen molar-refractivity contribution in [3.63, 3.8) is 0 Å². The summed E-state index contributed by atoms with van der Waals surface area (Å²) in [5.74, 6) is 0.813. The highest BCUT2D eigenvalue weighted by Crippen LogP contribution is 2.27. The van der Waals surface area contributed by atoms with Crippen LogP contribution in [-0.4, -0.2) is 42.8 Å². The smallest absolute Gasteiger partial charge is 0.252 e. The van der Waals surface area contributed by atoms with Gasteiger partial charge in [0.25, 0.3) is 5.56 Å². The number of fused-ring (bicyclic) bond motifs is 1. The molecule has 1 saturated heterocycles. The number of ether oxygens (including phenoxy) is 1. The van der Waals surface area contributed by atoms with Crippen molar-refractivity contribution in [3.8, 4) is 0 Å². The second-order valence-corrected chi connectivity index (χ2v) is 9.83. The van der Waals surface area contributed by atoms with Crippen molar-refractivity contribution in [3.05, 3.63) is 87.0 Å². The third-order valence-corrected chi connectivity index (χ3v) is 7.13. The average Bonchev–Trinajstić information content (AvgIpc) is 3.55. The first-order valence-electron chi connectivity index (χ1n) is 12.8. The normalized spacial score (nSPS) is 16.7. The van der Waals surface area contributed by atoms with Crippen LogP contribution >= 0.6 is 0 Å². The highest BCUT2D eigenvalue weighted by atomic mass is 16.5. The van der Waals surface area contributed by atoms with Gasteiger partial charge >= 0.3 is 0 Å². The first kappa shape index (κ1) is 24.3. The summed E-state index contributed by atoms with van der Waals surface area (Å²) in [5, 5.41) is 13.8. The zero-order valence-corrected chi connectivity index (χ0v) is 21.3. The van der Waals surface area contributed by atoms with Crippen LogP contribution in [0.4, 0.5) is 0 Å². The molecular formula is C28H34N6O2. The van der Waals surface area contributed by atoms with Gasteiger partial charge in [-0.25, -0.2) is 4.68 Å². The lowest BCUT2D eigenvalue weighted by Gasteiger charge is -2.30. The van der Waals surface area contributed by atoms with Crippen LogP contribution in [0.2, 0.25) is 0 Å². The number of para-hydroxylation sites is 1. The topological polar surface area (TPSA) is 88.9 Å². The Morgan fingerprint density at radius 1 is 1.17 bits per heavy atom. The van der Waals surface area contributed by atoms with Crippen LogP contribution in [0, 0.1) is 13.8 Å². The highest BCUT2D eigenvalue weighted by molar-refractivity contribution is 5.81. The van der Waals surface area contributed by atoms with Gasteiger partial charge < -0.3 is 9.72 Å². The Morgan fingerprint density at radius 3 is 2.75 bits per heavy atom. The molecule has 2 aromatic carbocycles. The Bertz CT molecular complexity index is 1370. The number of rotatable bonds is 9. The van der Waals surface area contributed by atoms with E-state index in [1.54, 1.807) is 0 Å². The van der Waals surface area contributed by atoms with Gasteiger partial charge in [-0.1, -0.05) is 55.0 Å². The fraction of sp³-hybridized carbons (Fsp3) is 0.429. The maximum atomic E-state index is 13.2. The molecule has 2 atom stereocenters. The van der Waals surface area contributed by atoms with Gasteiger partial charge in [-0.15, -0.1) is 5.10 Å². The number of tetrazole rings is 1. The lowest BCUT2D eigenvalue weighted by Crippen LogP contribution is -2.33. The monoisotopic (exact) mass is 486 g/mol. The summed E-state index contributed by atoms with van der Waals surface area (Å²) >= 11 is 0.